The molecular formula is C40H44Br2N2O6. The molecule has 50 heavy (non-hydrogen) atoms. The van der Waals surface area contributed by atoms with Crippen molar-refractivity contribution in [3.8, 4) is 0 Å². The number of amides is 4. The summed E-state index contributed by atoms with van der Waals surface area (Å²) in [5.74, 6) is -0.825. The average molecular weight is 809 g/mol. The van der Waals surface area contributed by atoms with Crippen molar-refractivity contribution in [2.24, 2.45) is 23.7 Å². The van der Waals surface area contributed by atoms with Crippen molar-refractivity contribution < 1.29 is 28.8 Å². The summed E-state index contributed by atoms with van der Waals surface area (Å²) in [6.45, 7) is 0. The molecule has 2 aromatic carbocycles. The van der Waals surface area contributed by atoms with Gasteiger partial charge in [0, 0.05) is 33.6 Å². The second-order valence-electron chi connectivity index (χ2n) is 13.6. The zero-order chi connectivity index (χ0) is 35.6. The van der Waals surface area contributed by atoms with E-state index < -0.39 is 0 Å². The van der Waals surface area contributed by atoms with Crippen LogP contribution >= 0.6 is 31.9 Å². The number of hydrogen-bond acceptors (Lipinski definition) is 6. The SMILES string of the molecule is O=C(/C=C/C[C@@H]1CC(=O)N(c2ccc(Br)cc2)C1=O)C1CCCCC1.O=C(/C=C/C[C@@H]1CC(=O)N(c2ccc(Br)cc2)C1=O)C1CCCCC1. The predicted octanol–water partition coefficient (Wildman–Crippen LogP) is 8.85. The number of anilines is 2. The molecule has 264 valence electrons. The number of imide groups is 2. The minimum absolute atomic E-state index is 0.144. The maximum absolute atomic E-state index is 12.6. The lowest BCUT2D eigenvalue weighted by molar-refractivity contribution is -0.123. The highest BCUT2D eigenvalue weighted by Gasteiger charge is 2.39. The van der Waals surface area contributed by atoms with Gasteiger partial charge in [-0.25, -0.2) is 0 Å². The molecule has 0 bridgehead atoms. The van der Waals surface area contributed by atoms with E-state index in [2.05, 4.69) is 31.9 Å². The molecule has 2 aliphatic carbocycles. The molecular weight excluding hydrogens is 764 g/mol. The number of allylic oxidation sites excluding steroid dienone is 4. The van der Waals surface area contributed by atoms with Crippen LogP contribution < -0.4 is 9.80 Å². The summed E-state index contributed by atoms with van der Waals surface area (Å²) < 4.78 is 1.80. The molecule has 10 heteroatoms. The van der Waals surface area contributed by atoms with Crippen LogP contribution in [-0.4, -0.2) is 35.2 Å². The first-order chi connectivity index (χ1) is 24.1. The normalized spacial score (nSPS) is 22.1. The zero-order valence-corrected chi connectivity index (χ0v) is 31.4. The second-order valence-corrected chi connectivity index (χ2v) is 15.5. The summed E-state index contributed by atoms with van der Waals surface area (Å²) in [4.78, 5) is 76.4. The van der Waals surface area contributed by atoms with E-state index in [1.165, 1.54) is 22.6 Å². The van der Waals surface area contributed by atoms with Crippen LogP contribution in [0.4, 0.5) is 11.4 Å². The van der Waals surface area contributed by atoms with Crippen LogP contribution in [0.5, 0.6) is 0 Å². The summed E-state index contributed by atoms with van der Waals surface area (Å²) >= 11 is 6.69. The van der Waals surface area contributed by atoms with E-state index in [1.807, 2.05) is 24.3 Å². The summed E-state index contributed by atoms with van der Waals surface area (Å²) in [5.41, 5.74) is 1.20. The molecule has 0 spiro atoms. The van der Waals surface area contributed by atoms with Gasteiger partial charge in [-0.2, -0.15) is 0 Å². The van der Waals surface area contributed by atoms with Crippen LogP contribution in [0.15, 0.2) is 81.8 Å². The Balaban J connectivity index is 0.000000194. The fourth-order valence-corrected chi connectivity index (χ4v) is 7.75. The lowest BCUT2D eigenvalue weighted by atomic mass is 9.86. The first-order valence-corrected chi connectivity index (χ1v) is 19.4. The molecule has 6 rings (SSSR count). The van der Waals surface area contributed by atoms with Gasteiger partial charge in [0.2, 0.25) is 23.6 Å². The molecule has 2 aromatic rings. The Morgan fingerprint density at radius 1 is 0.560 bits per heavy atom. The van der Waals surface area contributed by atoms with Crippen LogP contribution in [0.25, 0.3) is 0 Å². The maximum Gasteiger partial charge on any atom is 0.237 e. The molecule has 8 nitrogen and oxygen atoms in total. The lowest BCUT2D eigenvalue weighted by Gasteiger charge is -2.18. The van der Waals surface area contributed by atoms with Crippen molar-refractivity contribution in [3.63, 3.8) is 0 Å². The first kappa shape index (κ1) is 37.7. The molecule has 0 aromatic heterocycles. The number of rotatable bonds is 10. The zero-order valence-electron chi connectivity index (χ0n) is 28.2. The number of hydrogen-bond donors (Lipinski definition) is 0. The molecule has 0 radical (unpaired) electrons. The Kier molecular flexibility index (Phi) is 13.7. The number of benzene rings is 2. The molecule has 2 aliphatic heterocycles. The van der Waals surface area contributed by atoms with E-state index in [1.54, 1.807) is 48.6 Å². The van der Waals surface area contributed by atoms with Gasteiger partial charge < -0.3 is 0 Å². The molecule has 4 aliphatic rings. The van der Waals surface area contributed by atoms with Crippen molar-refractivity contribution in [1.82, 2.24) is 0 Å². The molecule has 0 unspecified atom stereocenters. The molecule has 0 N–H and O–H groups in total. The molecule has 4 fully saturated rings. The van der Waals surface area contributed by atoms with Gasteiger partial charge in [0.25, 0.3) is 0 Å². The van der Waals surface area contributed by atoms with Crippen LogP contribution in [0.2, 0.25) is 0 Å². The van der Waals surface area contributed by atoms with Crippen LogP contribution in [0, 0.1) is 23.7 Å². The third-order valence-corrected chi connectivity index (χ3v) is 11.1. The van der Waals surface area contributed by atoms with Crippen LogP contribution in [-0.2, 0) is 28.8 Å². The average Bonchev–Trinajstić information content (AvgIpc) is 3.57. The van der Waals surface area contributed by atoms with Crippen molar-refractivity contribution in [1.29, 1.82) is 0 Å². The Morgan fingerprint density at radius 3 is 1.24 bits per heavy atom. The summed E-state index contributed by atoms with van der Waals surface area (Å²) in [7, 11) is 0. The van der Waals surface area contributed by atoms with Gasteiger partial charge in [0.15, 0.2) is 11.6 Å². The number of ketones is 2. The van der Waals surface area contributed by atoms with E-state index in [-0.39, 0.29) is 71.7 Å². The highest BCUT2D eigenvalue weighted by Crippen LogP contribution is 2.32. The monoisotopic (exact) mass is 806 g/mol. The largest absolute Gasteiger partial charge is 0.295 e. The van der Waals surface area contributed by atoms with Gasteiger partial charge in [0.05, 0.1) is 23.2 Å². The predicted molar refractivity (Wildman–Crippen MR) is 200 cm³/mol. The summed E-state index contributed by atoms with van der Waals surface area (Å²) in [5, 5.41) is 0. The van der Waals surface area contributed by atoms with E-state index in [4.69, 9.17) is 0 Å². The van der Waals surface area contributed by atoms with Crippen molar-refractivity contribution in [2.45, 2.75) is 89.9 Å². The van der Waals surface area contributed by atoms with Gasteiger partial charge in [-0.3, -0.25) is 38.6 Å². The van der Waals surface area contributed by atoms with E-state index in [0.29, 0.717) is 24.2 Å². The Morgan fingerprint density at radius 2 is 0.900 bits per heavy atom. The molecule has 2 atom stereocenters. The lowest BCUT2D eigenvalue weighted by Crippen LogP contribution is -2.30. The molecule has 2 heterocycles. The Labute approximate surface area is 311 Å². The van der Waals surface area contributed by atoms with Gasteiger partial charge in [-0.1, -0.05) is 82.5 Å². The van der Waals surface area contributed by atoms with Gasteiger partial charge in [-0.05, 0) is 99.2 Å². The maximum atomic E-state index is 12.6. The molecule has 2 saturated carbocycles. The third kappa shape index (κ3) is 9.84. The van der Waals surface area contributed by atoms with Crippen molar-refractivity contribution >= 4 is 78.4 Å². The highest BCUT2D eigenvalue weighted by molar-refractivity contribution is 9.10. The van der Waals surface area contributed by atoms with Gasteiger partial charge >= 0.3 is 0 Å². The smallest absolute Gasteiger partial charge is 0.237 e. The minimum Gasteiger partial charge on any atom is -0.295 e. The Hall–Kier alpha value is -3.50. The summed E-state index contributed by atoms with van der Waals surface area (Å²) in [6.07, 6.45) is 18.9. The fourth-order valence-electron chi connectivity index (χ4n) is 7.22. The topological polar surface area (TPSA) is 109 Å². The van der Waals surface area contributed by atoms with Gasteiger partial charge in [-0.15, -0.1) is 0 Å². The fraction of sp³-hybridized carbons (Fsp3) is 0.450. The van der Waals surface area contributed by atoms with E-state index >= 15 is 0 Å². The minimum atomic E-state index is -0.369. The summed E-state index contributed by atoms with van der Waals surface area (Å²) in [6, 6.07) is 14.3. The number of carbonyl (C=O) groups is 6. The second kappa shape index (κ2) is 18.1. The van der Waals surface area contributed by atoms with Crippen LogP contribution in [0.1, 0.15) is 89.9 Å². The van der Waals surface area contributed by atoms with Gasteiger partial charge in [0.1, 0.15) is 0 Å². The van der Waals surface area contributed by atoms with E-state index in [0.717, 1.165) is 60.3 Å². The molecule has 4 amide bonds. The van der Waals surface area contributed by atoms with E-state index in [9.17, 15) is 28.8 Å². The quantitative estimate of drug-likeness (QED) is 0.175. The van der Waals surface area contributed by atoms with Crippen LogP contribution in [0.3, 0.4) is 0 Å². The number of carbonyl (C=O) groups excluding carboxylic acids is 6. The standard InChI is InChI=1S/2C20H22BrNO3/c2*21-16-9-11-17(12-10-16)22-19(24)13-15(20(22)25)7-4-8-18(23)14-5-2-1-3-6-14/h2*4,8-12,14-15H,1-3,5-7,13H2/b2*8-4+/t2*15-/m11/s1. The Bertz CT molecular complexity index is 1500. The number of halogens is 2. The van der Waals surface area contributed by atoms with Crippen molar-refractivity contribution in [3.05, 3.63) is 81.8 Å². The highest BCUT2D eigenvalue weighted by atomic mass is 79.9. The molecule has 2 saturated heterocycles. The first-order valence-electron chi connectivity index (χ1n) is 17.8. The van der Waals surface area contributed by atoms with Crippen molar-refractivity contribution in [2.75, 3.05) is 9.80 Å². The third-order valence-electron chi connectivity index (χ3n) is 10.1. The number of nitrogens with zero attached hydrogens (tertiary/aromatic N) is 2.